The molecular formula is C48H54N8O5. The summed E-state index contributed by atoms with van der Waals surface area (Å²) in [5.74, 6) is 0.443. The topological polar surface area (TPSA) is 151 Å². The number of pyridine rings is 1. The maximum atomic E-state index is 13.9. The summed E-state index contributed by atoms with van der Waals surface area (Å²) in [5, 5.41) is 16.4. The van der Waals surface area contributed by atoms with E-state index in [0.717, 1.165) is 98.7 Å². The number of fused-ring (bicyclic) bond motifs is 1. The number of piperazine rings is 1. The monoisotopic (exact) mass is 822 g/mol. The highest BCUT2D eigenvalue weighted by Gasteiger charge is 2.48. The Morgan fingerprint density at radius 2 is 1.69 bits per heavy atom. The lowest BCUT2D eigenvalue weighted by molar-refractivity contribution is -0.136. The minimum absolute atomic E-state index is 0.113. The van der Waals surface area contributed by atoms with Crippen molar-refractivity contribution in [3.63, 3.8) is 0 Å². The summed E-state index contributed by atoms with van der Waals surface area (Å²) < 4.78 is 6.59. The van der Waals surface area contributed by atoms with Crippen LogP contribution in [-0.2, 0) is 21.5 Å². The summed E-state index contributed by atoms with van der Waals surface area (Å²) in [4.78, 5) is 64.7. The minimum atomic E-state index is -0.604. The van der Waals surface area contributed by atoms with Crippen molar-refractivity contribution in [2.45, 2.75) is 89.4 Å². The Kier molecular flexibility index (Phi) is 10.9. The normalized spacial score (nSPS) is 23.6. The van der Waals surface area contributed by atoms with E-state index < -0.39 is 11.5 Å². The Labute approximate surface area is 357 Å². The van der Waals surface area contributed by atoms with E-state index in [4.69, 9.17) is 4.74 Å². The number of hydrogen-bond donors (Lipinski definition) is 2. The van der Waals surface area contributed by atoms with Crippen molar-refractivity contribution < 1.29 is 23.9 Å². The molecule has 13 nitrogen and oxygen atoms in total. The average Bonchev–Trinajstić information content (AvgIpc) is 3.61. The lowest BCUT2D eigenvalue weighted by atomic mass is 9.67. The molecule has 4 aromatic rings. The van der Waals surface area contributed by atoms with Crippen LogP contribution < -0.4 is 25.2 Å². The van der Waals surface area contributed by atoms with Gasteiger partial charge in [0.2, 0.25) is 11.8 Å². The van der Waals surface area contributed by atoms with Crippen molar-refractivity contribution in [1.82, 2.24) is 25.4 Å². The van der Waals surface area contributed by atoms with E-state index >= 15 is 0 Å². The number of ether oxygens (including phenoxy) is 1. The van der Waals surface area contributed by atoms with Gasteiger partial charge in [-0.25, -0.2) is 0 Å². The number of benzene rings is 3. The predicted molar refractivity (Wildman–Crippen MR) is 233 cm³/mol. The van der Waals surface area contributed by atoms with E-state index in [1.165, 1.54) is 0 Å². The lowest BCUT2D eigenvalue weighted by Crippen LogP contribution is -2.57. The number of aromatic nitrogens is 1. The summed E-state index contributed by atoms with van der Waals surface area (Å²) in [7, 11) is 0. The largest absolute Gasteiger partial charge is 0.489 e. The van der Waals surface area contributed by atoms with Gasteiger partial charge in [0.15, 0.2) is 0 Å². The maximum absolute atomic E-state index is 13.9. The van der Waals surface area contributed by atoms with E-state index in [9.17, 15) is 24.4 Å². The van der Waals surface area contributed by atoms with Crippen LogP contribution in [0.5, 0.6) is 5.75 Å². The Balaban J connectivity index is 0.766. The molecule has 3 fully saturated rings. The van der Waals surface area contributed by atoms with E-state index in [1.807, 2.05) is 36.4 Å². The number of hydrogen-bond acceptors (Lipinski definition) is 10. The van der Waals surface area contributed by atoms with Gasteiger partial charge >= 0.3 is 0 Å². The van der Waals surface area contributed by atoms with Crippen molar-refractivity contribution in [3.05, 3.63) is 94.7 Å². The highest BCUT2D eigenvalue weighted by Crippen LogP contribution is 2.47. The van der Waals surface area contributed by atoms with Crippen molar-refractivity contribution in [1.29, 1.82) is 5.26 Å². The van der Waals surface area contributed by atoms with Gasteiger partial charge in [-0.3, -0.25) is 34.4 Å². The third-order valence-corrected chi connectivity index (χ3v) is 14.2. The van der Waals surface area contributed by atoms with Crippen LogP contribution in [0.25, 0.3) is 10.9 Å². The Hall–Kier alpha value is -6.00. The molecule has 0 saturated carbocycles. The van der Waals surface area contributed by atoms with Crippen LogP contribution in [0.15, 0.2) is 66.9 Å². The molecule has 9 rings (SSSR count). The molecule has 4 amide bonds. The fraction of sp³-hybridized carbons (Fsp3) is 0.458. The summed E-state index contributed by atoms with van der Waals surface area (Å²) >= 11 is 0. The second-order valence-corrected chi connectivity index (χ2v) is 17.5. The number of carbonyl (C=O) groups is 4. The van der Waals surface area contributed by atoms with Gasteiger partial charge in [-0.2, -0.15) is 5.26 Å². The number of nitrogens with zero attached hydrogens (tertiary/aromatic N) is 6. The van der Waals surface area contributed by atoms with Crippen LogP contribution in [0.4, 0.5) is 11.4 Å². The quantitative estimate of drug-likeness (QED) is 0.195. The van der Waals surface area contributed by atoms with Crippen molar-refractivity contribution in [3.8, 4) is 11.8 Å². The SMILES string of the molecule is CC[C@H](NC(=O)c1ccc(N2CCC(CN3CCN(c4ccc5c(c4)CN([C@H]4CCC(=O)NC4=O)C5=O)CC3)CC2)cc1)C1(C)c2ccnc3c(C#N)ccc(c23)O[C@H]1CC. The van der Waals surface area contributed by atoms with E-state index in [0.29, 0.717) is 47.5 Å². The summed E-state index contributed by atoms with van der Waals surface area (Å²) in [6.07, 6.45) is 5.89. The van der Waals surface area contributed by atoms with Gasteiger partial charge in [0.1, 0.15) is 24.0 Å². The molecular weight excluding hydrogens is 769 g/mol. The number of nitriles is 1. The van der Waals surface area contributed by atoms with Crippen LogP contribution in [0.2, 0.25) is 0 Å². The molecule has 0 radical (unpaired) electrons. The van der Waals surface area contributed by atoms with Gasteiger partial charge in [-0.1, -0.05) is 13.8 Å². The first-order valence-corrected chi connectivity index (χ1v) is 22.0. The number of nitrogens with one attached hydrogen (secondary N) is 2. The summed E-state index contributed by atoms with van der Waals surface area (Å²) in [5.41, 5.74) is 6.10. The van der Waals surface area contributed by atoms with Crippen molar-refractivity contribution in [2.24, 2.45) is 5.92 Å². The van der Waals surface area contributed by atoms with E-state index in [2.05, 4.69) is 75.4 Å². The third kappa shape index (κ3) is 7.34. The van der Waals surface area contributed by atoms with Crippen LogP contribution in [0.1, 0.15) is 96.7 Å². The number of rotatable bonds is 10. The molecule has 13 heteroatoms. The van der Waals surface area contributed by atoms with Crippen LogP contribution in [0, 0.1) is 17.2 Å². The lowest BCUT2D eigenvalue weighted by Gasteiger charge is -2.47. The number of imide groups is 1. The second-order valence-electron chi connectivity index (χ2n) is 17.5. The Bertz CT molecular complexity index is 2420. The van der Waals surface area contributed by atoms with Crippen LogP contribution in [-0.4, -0.2) is 102 Å². The average molecular weight is 823 g/mol. The van der Waals surface area contributed by atoms with Gasteiger partial charge < -0.3 is 24.8 Å². The zero-order valence-electron chi connectivity index (χ0n) is 35.3. The van der Waals surface area contributed by atoms with Gasteiger partial charge in [0.05, 0.1) is 16.5 Å². The van der Waals surface area contributed by atoms with E-state index in [1.54, 1.807) is 17.2 Å². The standard InChI is InChI=1S/C48H54N8O5/c1-4-40(48(3)37-16-19-50-44-32(27-49)8-14-39(43(37)44)61-41(48)5-2)51-45(58)31-6-9-34(10-7-31)54-20-17-30(18-21-54)28-53-22-24-55(25-23-53)35-11-12-36-33(26-35)29-56(47(36)60)38-13-15-42(57)52-46(38)59/h6-12,14,16,19,26,30,38,40-41H,4-5,13,15,17-18,20-25,28-29H2,1-3H3,(H,51,58)(H,52,57,59)/t38-,40-,41-,48?/m0/s1. The molecule has 316 valence electrons. The molecule has 4 atom stereocenters. The third-order valence-electron chi connectivity index (χ3n) is 14.2. The maximum Gasteiger partial charge on any atom is 0.255 e. The molecule has 3 saturated heterocycles. The number of amides is 4. The fourth-order valence-corrected chi connectivity index (χ4v) is 10.7. The zero-order chi connectivity index (χ0) is 42.4. The molecule has 0 spiro atoms. The van der Waals surface area contributed by atoms with Crippen LogP contribution in [0.3, 0.4) is 0 Å². The van der Waals surface area contributed by atoms with Gasteiger partial charge in [-0.05, 0) is 117 Å². The molecule has 6 heterocycles. The fourth-order valence-electron chi connectivity index (χ4n) is 10.7. The highest BCUT2D eigenvalue weighted by atomic mass is 16.5. The molecule has 2 N–H and O–H groups in total. The summed E-state index contributed by atoms with van der Waals surface area (Å²) in [6.45, 7) is 13.6. The van der Waals surface area contributed by atoms with Gasteiger partial charge in [0, 0.05) is 98.9 Å². The first-order valence-electron chi connectivity index (χ1n) is 22.0. The van der Waals surface area contributed by atoms with Crippen molar-refractivity contribution in [2.75, 3.05) is 55.6 Å². The minimum Gasteiger partial charge on any atom is -0.489 e. The molecule has 3 aromatic carbocycles. The number of anilines is 2. The molecule has 61 heavy (non-hydrogen) atoms. The highest BCUT2D eigenvalue weighted by molar-refractivity contribution is 6.05. The molecule has 5 aliphatic rings. The number of carbonyl (C=O) groups excluding carboxylic acids is 4. The van der Waals surface area contributed by atoms with Crippen LogP contribution >= 0.6 is 0 Å². The Morgan fingerprint density at radius 3 is 2.39 bits per heavy atom. The van der Waals surface area contributed by atoms with Gasteiger partial charge in [-0.15, -0.1) is 0 Å². The smallest absolute Gasteiger partial charge is 0.255 e. The predicted octanol–water partition coefficient (Wildman–Crippen LogP) is 5.54. The van der Waals surface area contributed by atoms with Gasteiger partial charge in [0.25, 0.3) is 11.8 Å². The van der Waals surface area contributed by atoms with E-state index in [-0.39, 0.29) is 42.2 Å². The van der Waals surface area contributed by atoms with Crippen molar-refractivity contribution >= 4 is 45.9 Å². The molecule has 0 aliphatic carbocycles. The molecule has 1 aromatic heterocycles. The first kappa shape index (κ1) is 40.4. The molecule has 1 unspecified atom stereocenters. The second kappa shape index (κ2) is 16.5. The summed E-state index contributed by atoms with van der Waals surface area (Å²) in [6, 6.07) is 21.2. The molecule has 0 bridgehead atoms. The molecule has 5 aliphatic heterocycles. The number of piperidine rings is 2. The first-order chi connectivity index (χ1) is 29.6. The zero-order valence-corrected chi connectivity index (χ0v) is 35.3. The Morgan fingerprint density at radius 1 is 0.951 bits per heavy atom.